The van der Waals surface area contributed by atoms with Gasteiger partial charge in [-0.25, -0.2) is 9.78 Å². The topological polar surface area (TPSA) is 75.4 Å². The van der Waals surface area contributed by atoms with Crippen LogP contribution in [0.2, 0.25) is 0 Å². The minimum Gasteiger partial charge on any atom is -0.477 e. The van der Waals surface area contributed by atoms with E-state index in [1.165, 1.54) is 22.1 Å². The standard InChI is InChI=1S/C12H9N3O3S2/c16-9-7(10-15(9)8(5-20-10)11(17)18)3-6-4-14-1-2-19-12(14)13-6/h3-5,10H,1-2H2,(H,17,18)/b7-3-. The Bertz CT molecular complexity index is 685. The van der Waals surface area contributed by atoms with Crippen LogP contribution in [-0.4, -0.2) is 42.6 Å². The molecule has 1 N–H and O–H groups in total. The van der Waals surface area contributed by atoms with Crippen LogP contribution in [0.1, 0.15) is 5.69 Å². The zero-order chi connectivity index (χ0) is 13.9. The van der Waals surface area contributed by atoms with Gasteiger partial charge in [0.2, 0.25) is 0 Å². The Morgan fingerprint density at radius 1 is 1.55 bits per heavy atom. The number of carboxylic acids is 1. The second kappa shape index (κ2) is 4.16. The lowest BCUT2D eigenvalue weighted by molar-refractivity contribution is -0.141. The van der Waals surface area contributed by atoms with Gasteiger partial charge in [0.05, 0.1) is 11.3 Å². The van der Waals surface area contributed by atoms with Crippen molar-refractivity contribution in [3.8, 4) is 0 Å². The molecule has 0 radical (unpaired) electrons. The van der Waals surface area contributed by atoms with E-state index in [1.807, 2.05) is 6.20 Å². The van der Waals surface area contributed by atoms with Crippen LogP contribution in [0.5, 0.6) is 0 Å². The van der Waals surface area contributed by atoms with Crippen LogP contribution >= 0.6 is 23.5 Å². The third-order valence-electron chi connectivity index (χ3n) is 3.38. The molecule has 20 heavy (non-hydrogen) atoms. The molecule has 1 saturated heterocycles. The smallest absolute Gasteiger partial charge is 0.353 e. The van der Waals surface area contributed by atoms with Gasteiger partial charge in [-0.2, -0.15) is 0 Å². The van der Waals surface area contributed by atoms with Gasteiger partial charge in [0.15, 0.2) is 5.16 Å². The number of hydrogen-bond donors (Lipinski definition) is 1. The summed E-state index contributed by atoms with van der Waals surface area (Å²) < 4.78 is 2.07. The van der Waals surface area contributed by atoms with Crippen LogP contribution in [-0.2, 0) is 16.1 Å². The van der Waals surface area contributed by atoms with Crippen molar-refractivity contribution in [2.24, 2.45) is 0 Å². The summed E-state index contributed by atoms with van der Waals surface area (Å²) in [4.78, 5) is 28.8. The van der Waals surface area contributed by atoms with Crippen molar-refractivity contribution in [2.75, 3.05) is 5.75 Å². The van der Waals surface area contributed by atoms with E-state index < -0.39 is 5.97 Å². The summed E-state index contributed by atoms with van der Waals surface area (Å²) >= 11 is 3.04. The van der Waals surface area contributed by atoms with E-state index >= 15 is 0 Å². The van der Waals surface area contributed by atoms with Gasteiger partial charge in [0.1, 0.15) is 11.1 Å². The van der Waals surface area contributed by atoms with E-state index in [9.17, 15) is 9.59 Å². The summed E-state index contributed by atoms with van der Waals surface area (Å²) in [6.45, 7) is 0.944. The average Bonchev–Trinajstić information content (AvgIpc) is 3.07. The van der Waals surface area contributed by atoms with Crippen LogP contribution in [0, 0.1) is 0 Å². The molecular formula is C12H9N3O3S2. The number of aliphatic carboxylic acids is 1. The first-order chi connectivity index (χ1) is 9.65. The van der Waals surface area contributed by atoms with E-state index in [2.05, 4.69) is 9.55 Å². The fourth-order valence-electron chi connectivity index (χ4n) is 2.42. The molecule has 0 aliphatic carbocycles. The SMILES string of the molecule is O=C(O)C1=CSC2/C(=C\c3cn4c(n3)SCC4)C(=O)N12. The minimum atomic E-state index is -1.07. The first kappa shape index (κ1) is 12.1. The first-order valence-electron chi connectivity index (χ1n) is 5.99. The van der Waals surface area contributed by atoms with Gasteiger partial charge in [0.25, 0.3) is 5.91 Å². The lowest BCUT2D eigenvalue weighted by atomic mass is 10.0. The van der Waals surface area contributed by atoms with Crippen molar-refractivity contribution >= 4 is 41.5 Å². The molecule has 4 rings (SSSR count). The molecule has 1 unspecified atom stereocenters. The Labute approximate surface area is 122 Å². The highest BCUT2D eigenvalue weighted by Crippen LogP contribution is 2.45. The van der Waals surface area contributed by atoms with Gasteiger partial charge in [-0.3, -0.25) is 9.69 Å². The third kappa shape index (κ3) is 1.58. The minimum absolute atomic E-state index is 0.0602. The zero-order valence-corrected chi connectivity index (χ0v) is 11.8. The van der Waals surface area contributed by atoms with Crippen molar-refractivity contribution < 1.29 is 14.7 Å². The predicted octanol–water partition coefficient (Wildman–Crippen LogP) is 1.21. The van der Waals surface area contributed by atoms with Crippen molar-refractivity contribution in [1.82, 2.24) is 14.5 Å². The fraction of sp³-hybridized carbons (Fsp3) is 0.250. The monoisotopic (exact) mass is 307 g/mol. The molecule has 1 aromatic rings. The number of carbonyl (C=O) groups is 2. The molecule has 6 nitrogen and oxygen atoms in total. The van der Waals surface area contributed by atoms with Crippen molar-refractivity contribution in [3.05, 3.63) is 28.6 Å². The highest BCUT2D eigenvalue weighted by Gasteiger charge is 2.49. The number of β-lactam (4-membered cyclic amide) rings is 1. The fourth-order valence-corrected chi connectivity index (χ4v) is 4.49. The highest BCUT2D eigenvalue weighted by molar-refractivity contribution is 8.03. The zero-order valence-electron chi connectivity index (χ0n) is 10.1. The largest absolute Gasteiger partial charge is 0.477 e. The Hall–Kier alpha value is -1.67. The molecule has 3 aliphatic heterocycles. The van der Waals surface area contributed by atoms with Crippen molar-refractivity contribution in [1.29, 1.82) is 0 Å². The summed E-state index contributed by atoms with van der Waals surface area (Å²) in [6.07, 6.45) is 3.70. The van der Waals surface area contributed by atoms with Gasteiger partial charge in [0, 0.05) is 23.9 Å². The Morgan fingerprint density at radius 2 is 2.40 bits per heavy atom. The van der Waals surface area contributed by atoms with Crippen LogP contribution in [0.3, 0.4) is 0 Å². The third-order valence-corrected chi connectivity index (χ3v) is 5.43. The van der Waals surface area contributed by atoms with E-state index in [1.54, 1.807) is 17.8 Å². The molecule has 8 heteroatoms. The number of hydrogen-bond acceptors (Lipinski definition) is 5. The molecule has 1 aromatic heterocycles. The summed E-state index contributed by atoms with van der Waals surface area (Å²) in [7, 11) is 0. The van der Waals surface area contributed by atoms with Crippen molar-refractivity contribution in [2.45, 2.75) is 17.1 Å². The quantitative estimate of drug-likeness (QED) is 0.654. The normalized spacial score (nSPS) is 25.5. The molecule has 0 aromatic carbocycles. The maximum Gasteiger partial charge on any atom is 0.353 e. The van der Waals surface area contributed by atoms with E-state index in [-0.39, 0.29) is 17.0 Å². The molecule has 0 saturated carbocycles. The summed E-state index contributed by atoms with van der Waals surface area (Å²) in [5.41, 5.74) is 1.44. The number of thioether (sulfide) groups is 2. The number of carbonyl (C=O) groups excluding carboxylic acids is 1. The van der Waals surface area contributed by atoms with Crippen LogP contribution in [0.15, 0.2) is 28.0 Å². The van der Waals surface area contributed by atoms with E-state index in [0.29, 0.717) is 5.57 Å². The average molecular weight is 307 g/mol. The highest BCUT2D eigenvalue weighted by atomic mass is 32.2. The molecule has 4 heterocycles. The number of fused-ring (bicyclic) bond motifs is 2. The predicted molar refractivity (Wildman–Crippen MR) is 74.9 cm³/mol. The maximum absolute atomic E-state index is 12.0. The Morgan fingerprint density at radius 3 is 3.15 bits per heavy atom. The number of aromatic nitrogens is 2. The van der Waals surface area contributed by atoms with Crippen LogP contribution < -0.4 is 0 Å². The second-order valence-electron chi connectivity index (χ2n) is 4.56. The maximum atomic E-state index is 12.0. The molecule has 1 amide bonds. The van der Waals surface area contributed by atoms with Crippen LogP contribution in [0.25, 0.3) is 6.08 Å². The van der Waals surface area contributed by atoms with Gasteiger partial charge in [-0.05, 0) is 6.08 Å². The number of imidazole rings is 1. The number of aryl methyl sites for hydroxylation is 1. The van der Waals surface area contributed by atoms with Gasteiger partial charge >= 0.3 is 5.97 Å². The Balaban J connectivity index is 1.61. The van der Waals surface area contributed by atoms with E-state index in [0.717, 1.165) is 23.1 Å². The van der Waals surface area contributed by atoms with E-state index in [4.69, 9.17) is 5.11 Å². The molecule has 0 bridgehead atoms. The first-order valence-corrected chi connectivity index (χ1v) is 7.92. The number of nitrogens with zero attached hydrogens (tertiary/aromatic N) is 3. The van der Waals surface area contributed by atoms with Crippen molar-refractivity contribution in [3.63, 3.8) is 0 Å². The summed E-state index contributed by atoms with van der Waals surface area (Å²) in [5, 5.41) is 11.3. The molecule has 0 spiro atoms. The molecule has 3 aliphatic rings. The summed E-state index contributed by atoms with van der Waals surface area (Å²) in [6, 6.07) is 0. The number of amides is 1. The Kier molecular flexibility index (Phi) is 2.52. The molecule has 102 valence electrons. The number of carboxylic acid groups (broad SMARTS) is 1. The lowest BCUT2D eigenvalue weighted by Gasteiger charge is -2.36. The van der Waals surface area contributed by atoms with Crippen LogP contribution in [0.4, 0.5) is 0 Å². The summed E-state index contributed by atoms with van der Waals surface area (Å²) in [5.74, 6) is -0.268. The van der Waals surface area contributed by atoms with Gasteiger partial charge in [-0.15, -0.1) is 11.8 Å². The lowest BCUT2D eigenvalue weighted by Crippen LogP contribution is -2.51. The molecular weight excluding hydrogens is 298 g/mol. The number of rotatable bonds is 2. The molecule has 1 atom stereocenters. The van der Waals surface area contributed by atoms with Gasteiger partial charge < -0.3 is 9.67 Å². The second-order valence-corrected chi connectivity index (χ2v) is 6.58. The molecule has 1 fully saturated rings. The van der Waals surface area contributed by atoms with Gasteiger partial charge in [-0.1, -0.05) is 11.8 Å².